The third-order valence-electron chi connectivity index (χ3n) is 6.35. The summed E-state index contributed by atoms with van der Waals surface area (Å²) in [5, 5.41) is 3.60. The molecule has 4 aromatic rings. The molecule has 218 valence electrons. The zero-order chi connectivity index (χ0) is 30.5. The van der Waals surface area contributed by atoms with Gasteiger partial charge in [-0.15, -0.1) is 0 Å². The first-order valence-electron chi connectivity index (χ1n) is 12.9. The summed E-state index contributed by atoms with van der Waals surface area (Å²) in [7, 11) is 1.44. The maximum absolute atomic E-state index is 13.4. The smallest absolute Gasteiger partial charge is 0.335 e. The van der Waals surface area contributed by atoms with E-state index in [2.05, 4.69) is 5.32 Å². The fourth-order valence-electron chi connectivity index (χ4n) is 4.24. The van der Waals surface area contributed by atoms with Crippen LogP contribution in [0.5, 0.6) is 17.2 Å². The van der Waals surface area contributed by atoms with Gasteiger partial charge in [-0.05, 0) is 83.4 Å². The number of halogens is 3. The van der Waals surface area contributed by atoms with Crippen molar-refractivity contribution in [3.63, 3.8) is 0 Å². The van der Waals surface area contributed by atoms with Crippen molar-refractivity contribution < 1.29 is 28.6 Å². The maximum atomic E-state index is 13.4. The van der Waals surface area contributed by atoms with Gasteiger partial charge in [0.25, 0.3) is 11.8 Å². The molecule has 0 aromatic heterocycles. The summed E-state index contributed by atoms with van der Waals surface area (Å²) >= 11 is 18.5. The maximum Gasteiger partial charge on any atom is 0.335 e. The quantitative estimate of drug-likeness (QED) is 0.151. The minimum Gasteiger partial charge on any atom is -0.493 e. The van der Waals surface area contributed by atoms with E-state index in [0.717, 1.165) is 16.0 Å². The van der Waals surface area contributed by atoms with Crippen LogP contribution >= 0.6 is 34.8 Å². The molecule has 11 heteroatoms. The highest BCUT2D eigenvalue weighted by Crippen LogP contribution is 2.38. The molecule has 0 aliphatic carbocycles. The summed E-state index contributed by atoms with van der Waals surface area (Å²) in [6.07, 6.45) is 1.33. The van der Waals surface area contributed by atoms with Gasteiger partial charge in [0.15, 0.2) is 11.5 Å². The number of barbiturate groups is 1. The molecule has 1 aliphatic heterocycles. The van der Waals surface area contributed by atoms with Crippen LogP contribution in [-0.4, -0.2) is 25.0 Å². The molecule has 1 fully saturated rings. The molecule has 1 N–H and O–H groups in total. The fraction of sp³-hybridized carbons (Fsp3) is 0.0938. The molecule has 8 nitrogen and oxygen atoms in total. The lowest BCUT2D eigenvalue weighted by Gasteiger charge is -2.26. The first-order chi connectivity index (χ1) is 20.7. The van der Waals surface area contributed by atoms with E-state index in [1.807, 2.05) is 18.2 Å². The lowest BCUT2D eigenvalue weighted by atomic mass is 10.1. The minimum absolute atomic E-state index is 0.181. The van der Waals surface area contributed by atoms with Crippen molar-refractivity contribution in [1.29, 1.82) is 0 Å². The number of nitrogens with one attached hydrogen (secondary N) is 1. The number of hydrogen-bond donors (Lipinski definition) is 1. The van der Waals surface area contributed by atoms with Crippen molar-refractivity contribution in [3.05, 3.63) is 122 Å². The molecule has 5 rings (SSSR count). The van der Waals surface area contributed by atoms with Crippen molar-refractivity contribution in [1.82, 2.24) is 5.32 Å². The number of benzene rings is 4. The van der Waals surface area contributed by atoms with Gasteiger partial charge in [-0.25, -0.2) is 9.69 Å². The highest BCUT2D eigenvalue weighted by atomic mass is 35.5. The molecule has 0 saturated carbocycles. The van der Waals surface area contributed by atoms with Crippen molar-refractivity contribution >= 4 is 64.4 Å². The summed E-state index contributed by atoms with van der Waals surface area (Å²) in [6, 6.07) is 23.0. The first-order valence-corrected chi connectivity index (χ1v) is 14.0. The van der Waals surface area contributed by atoms with Crippen LogP contribution in [0, 0.1) is 0 Å². The van der Waals surface area contributed by atoms with Crippen LogP contribution in [0.2, 0.25) is 15.1 Å². The van der Waals surface area contributed by atoms with Crippen LogP contribution < -0.4 is 24.4 Å². The van der Waals surface area contributed by atoms with Gasteiger partial charge in [-0.3, -0.25) is 14.9 Å². The Labute approximate surface area is 262 Å². The number of anilines is 1. The van der Waals surface area contributed by atoms with Crippen LogP contribution in [0.3, 0.4) is 0 Å². The molecular formula is C32H23Cl3N2O6. The van der Waals surface area contributed by atoms with Crippen molar-refractivity contribution in [3.8, 4) is 17.2 Å². The van der Waals surface area contributed by atoms with Gasteiger partial charge in [-0.1, -0.05) is 59.1 Å². The summed E-state index contributed by atoms with van der Waals surface area (Å²) in [5.74, 6) is -0.562. The van der Waals surface area contributed by atoms with E-state index in [0.29, 0.717) is 28.0 Å². The standard InChI is InChI=1S/C32H23Cl3N2O6/c1-41-28-16-21(15-27(35)29(28)43-18-20-3-2-4-23(34)13-20)14-26-30(38)36-32(40)37(31(26)39)24-9-11-25(12-10-24)42-17-19-5-7-22(33)8-6-19/h2-16H,17-18H2,1H3,(H,36,38,40)/b26-14+. The molecule has 4 amide bonds. The van der Waals surface area contributed by atoms with Crippen LogP contribution in [0.15, 0.2) is 90.5 Å². The number of rotatable bonds is 9. The predicted molar refractivity (Wildman–Crippen MR) is 165 cm³/mol. The Bertz CT molecular complexity index is 1720. The van der Waals surface area contributed by atoms with E-state index in [9.17, 15) is 14.4 Å². The Morgan fingerprint density at radius 2 is 1.51 bits per heavy atom. The van der Waals surface area contributed by atoms with E-state index in [4.69, 9.17) is 49.0 Å². The number of methoxy groups -OCH3 is 1. The molecular weight excluding hydrogens is 615 g/mol. The van der Waals surface area contributed by atoms with E-state index < -0.39 is 17.8 Å². The lowest BCUT2D eigenvalue weighted by molar-refractivity contribution is -0.122. The Morgan fingerprint density at radius 3 is 2.21 bits per heavy atom. The topological polar surface area (TPSA) is 94.2 Å². The van der Waals surface area contributed by atoms with Gasteiger partial charge in [0.1, 0.15) is 24.5 Å². The molecule has 0 radical (unpaired) electrons. The van der Waals surface area contributed by atoms with E-state index >= 15 is 0 Å². The molecule has 1 saturated heterocycles. The number of amides is 4. The highest BCUT2D eigenvalue weighted by Gasteiger charge is 2.37. The predicted octanol–water partition coefficient (Wildman–Crippen LogP) is 7.48. The third kappa shape index (κ3) is 7.11. The second-order valence-corrected chi connectivity index (χ2v) is 10.6. The average molecular weight is 638 g/mol. The second-order valence-electron chi connectivity index (χ2n) is 9.32. The molecule has 43 heavy (non-hydrogen) atoms. The Morgan fingerprint density at radius 1 is 0.791 bits per heavy atom. The number of hydrogen-bond acceptors (Lipinski definition) is 6. The van der Waals surface area contributed by atoms with E-state index in [-0.39, 0.29) is 34.4 Å². The summed E-state index contributed by atoms with van der Waals surface area (Å²) in [5.41, 5.74) is 2.11. The van der Waals surface area contributed by atoms with Gasteiger partial charge >= 0.3 is 6.03 Å². The zero-order valence-electron chi connectivity index (χ0n) is 22.6. The number of urea groups is 1. The number of carbonyl (C=O) groups excluding carboxylic acids is 3. The summed E-state index contributed by atoms with van der Waals surface area (Å²) in [6.45, 7) is 0.484. The van der Waals surface area contributed by atoms with Crippen LogP contribution in [-0.2, 0) is 22.8 Å². The second kappa shape index (κ2) is 13.2. The van der Waals surface area contributed by atoms with Crippen molar-refractivity contribution in [2.75, 3.05) is 12.0 Å². The van der Waals surface area contributed by atoms with Gasteiger partial charge in [-0.2, -0.15) is 0 Å². The molecule has 4 aromatic carbocycles. The third-order valence-corrected chi connectivity index (χ3v) is 7.12. The fourth-order valence-corrected chi connectivity index (χ4v) is 4.86. The molecule has 0 bridgehead atoms. The molecule has 1 aliphatic rings. The highest BCUT2D eigenvalue weighted by molar-refractivity contribution is 6.39. The van der Waals surface area contributed by atoms with Crippen LogP contribution in [0.4, 0.5) is 10.5 Å². The Hall–Kier alpha value is -4.50. The van der Waals surface area contributed by atoms with Gasteiger partial charge in [0, 0.05) is 10.0 Å². The summed E-state index contributed by atoms with van der Waals surface area (Å²) < 4.78 is 17.1. The minimum atomic E-state index is -0.873. The lowest BCUT2D eigenvalue weighted by Crippen LogP contribution is -2.54. The van der Waals surface area contributed by atoms with Crippen molar-refractivity contribution in [2.24, 2.45) is 0 Å². The Kier molecular flexibility index (Phi) is 9.21. The number of ether oxygens (including phenoxy) is 3. The van der Waals surface area contributed by atoms with Gasteiger partial charge < -0.3 is 14.2 Å². The first kappa shape index (κ1) is 30.0. The van der Waals surface area contributed by atoms with Gasteiger partial charge in [0.2, 0.25) is 0 Å². The largest absolute Gasteiger partial charge is 0.493 e. The Balaban J connectivity index is 1.34. The normalized spacial score (nSPS) is 14.1. The van der Waals surface area contributed by atoms with Crippen LogP contribution in [0.25, 0.3) is 6.08 Å². The number of nitrogens with zero attached hydrogens (tertiary/aromatic N) is 1. The summed E-state index contributed by atoms with van der Waals surface area (Å²) in [4.78, 5) is 39.7. The number of imide groups is 2. The molecule has 0 atom stereocenters. The molecule has 0 unspecified atom stereocenters. The molecule has 1 heterocycles. The zero-order valence-corrected chi connectivity index (χ0v) is 24.9. The van der Waals surface area contributed by atoms with E-state index in [1.54, 1.807) is 60.7 Å². The molecule has 0 spiro atoms. The number of carbonyl (C=O) groups is 3. The van der Waals surface area contributed by atoms with Crippen LogP contribution in [0.1, 0.15) is 16.7 Å². The van der Waals surface area contributed by atoms with Crippen molar-refractivity contribution in [2.45, 2.75) is 13.2 Å². The SMILES string of the molecule is COc1cc(/C=C2\C(=O)NC(=O)N(c3ccc(OCc4ccc(Cl)cc4)cc3)C2=O)cc(Cl)c1OCc1cccc(Cl)c1. The monoisotopic (exact) mass is 636 g/mol. The van der Waals surface area contributed by atoms with E-state index in [1.165, 1.54) is 19.3 Å². The average Bonchev–Trinajstić information content (AvgIpc) is 2.99. The van der Waals surface area contributed by atoms with Gasteiger partial charge in [0.05, 0.1) is 17.8 Å².